The standard InChI is InChI=1S/C14H24N4/c1-12-5-3-6-13(2)14(12)11-15-7-4-9-18-10-8-16-17-18/h5,8,10,13-15H,3-4,6-7,9,11H2,1-2H3/t13-,14-/m0/s1. The third-order valence-electron chi connectivity index (χ3n) is 3.94. The molecular formula is C14H24N4. The first kappa shape index (κ1) is 13.3. The number of aryl methyl sites for hydroxylation is 1. The molecule has 1 aliphatic rings. The summed E-state index contributed by atoms with van der Waals surface area (Å²) in [5.74, 6) is 1.54. The Morgan fingerprint density at radius 1 is 1.50 bits per heavy atom. The molecule has 1 aromatic heterocycles. The van der Waals surface area contributed by atoms with E-state index < -0.39 is 0 Å². The molecule has 0 spiro atoms. The van der Waals surface area contributed by atoms with E-state index >= 15 is 0 Å². The highest BCUT2D eigenvalue weighted by Crippen LogP contribution is 2.29. The van der Waals surface area contributed by atoms with E-state index in [-0.39, 0.29) is 0 Å². The van der Waals surface area contributed by atoms with Gasteiger partial charge in [0.25, 0.3) is 0 Å². The van der Waals surface area contributed by atoms with Crippen molar-refractivity contribution < 1.29 is 0 Å². The molecule has 0 aromatic carbocycles. The Balaban J connectivity index is 1.63. The maximum atomic E-state index is 3.96. The summed E-state index contributed by atoms with van der Waals surface area (Å²) in [6.45, 7) is 7.76. The predicted octanol–water partition coefficient (Wildman–Crippen LogP) is 2.25. The lowest BCUT2D eigenvalue weighted by atomic mass is 9.80. The monoisotopic (exact) mass is 248 g/mol. The van der Waals surface area contributed by atoms with Gasteiger partial charge in [-0.05, 0) is 44.6 Å². The molecule has 1 N–H and O–H groups in total. The van der Waals surface area contributed by atoms with Gasteiger partial charge >= 0.3 is 0 Å². The van der Waals surface area contributed by atoms with Gasteiger partial charge in [0.2, 0.25) is 0 Å². The van der Waals surface area contributed by atoms with Crippen LogP contribution in [-0.2, 0) is 6.54 Å². The Morgan fingerprint density at radius 2 is 2.39 bits per heavy atom. The van der Waals surface area contributed by atoms with E-state index in [1.165, 1.54) is 12.8 Å². The molecule has 18 heavy (non-hydrogen) atoms. The Hall–Kier alpha value is -1.16. The van der Waals surface area contributed by atoms with Crippen LogP contribution in [0.2, 0.25) is 0 Å². The minimum Gasteiger partial charge on any atom is -0.316 e. The molecule has 2 atom stereocenters. The van der Waals surface area contributed by atoms with Crippen LogP contribution < -0.4 is 5.32 Å². The predicted molar refractivity (Wildman–Crippen MR) is 73.2 cm³/mol. The number of allylic oxidation sites excluding steroid dienone is 1. The van der Waals surface area contributed by atoms with Gasteiger partial charge < -0.3 is 5.32 Å². The van der Waals surface area contributed by atoms with Gasteiger partial charge in [-0.2, -0.15) is 0 Å². The van der Waals surface area contributed by atoms with Crippen LogP contribution in [-0.4, -0.2) is 28.1 Å². The summed E-state index contributed by atoms with van der Waals surface area (Å²) in [5.41, 5.74) is 1.57. The fourth-order valence-corrected chi connectivity index (χ4v) is 2.71. The lowest BCUT2D eigenvalue weighted by Gasteiger charge is -2.29. The van der Waals surface area contributed by atoms with Crippen molar-refractivity contribution in [3.8, 4) is 0 Å². The molecular weight excluding hydrogens is 224 g/mol. The molecule has 0 amide bonds. The van der Waals surface area contributed by atoms with E-state index in [2.05, 4.69) is 35.6 Å². The van der Waals surface area contributed by atoms with E-state index in [0.29, 0.717) is 0 Å². The highest BCUT2D eigenvalue weighted by atomic mass is 15.4. The van der Waals surface area contributed by atoms with Crippen molar-refractivity contribution in [3.63, 3.8) is 0 Å². The van der Waals surface area contributed by atoms with Crippen LogP contribution >= 0.6 is 0 Å². The molecule has 100 valence electrons. The quantitative estimate of drug-likeness (QED) is 0.620. The number of nitrogens with one attached hydrogen (secondary N) is 1. The Labute approximate surface area is 109 Å². The van der Waals surface area contributed by atoms with Crippen molar-refractivity contribution in [2.45, 2.75) is 39.7 Å². The van der Waals surface area contributed by atoms with Gasteiger partial charge in [0.1, 0.15) is 0 Å². The average Bonchev–Trinajstić information content (AvgIpc) is 2.85. The van der Waals surface area contributed by atoms with Crippen molar-refractivity contribution in [1.29, 1.82) is 0 Å². The number of hydrogen-bond acceptors (Lipinski definition) is 3. The minimum atomic E-state index is 0.727. The van der Waals surface area contributed by atoms with Crippen LogP contribution in [0.5, 0.6) is 0 Å². The second kappa shape index (κ2) is 6.69. The van der Waals surface area contributed by atoms with Crippen LogP contribution in [0.25, 0.3) is 0 Å². The van der Waals surface area contributed by atoms with Gasteiger partial charge in [0.05, 0.1) is 6.20 Å². The summed E-state index contributed by atoms with van der Waals surface area (Å²) in [4.78, 5) is 0. The summed E-state index contributed by atoms with van der Waals surface area (Å²) in [5, 5.41) is 11.3. The molecule has 0 saturated carbocycles. The van der Waals surface area contributed by atoms with Crippen molar-refractivity contribution in [2.75, 3.05) is 13.1 Å². The summed E-state index contributed by atoms with van der Waals surface area (Å²) in [7, 11) is 0. The van der Waals surface area contributed by atoms with Crippen LogP contribution in [0, 0.1) is 11.8 Å². The molecule has 1 aliphatic carbocycles. The molecule has 1 aromatic rings. The van der Waals surface area contributed by atoms with Crippen molar-refractivity contribution in [2.24, 2.45) is 11.8 Å². The van der Waals surface area contributed by atoms with Crippen LogP contribution in [0.15, 0.2) is 24.0 Å². The summed E-state index contributed by atoms with van der Waals surface area (Å²) < 4.78 is 1.88. The first-order chi connectivity index (χ1) is 8.77. The Morgan fingerprint density at radius 3 is 3.11 bits per heavy atom. The van der Waals surface area contributed by atoms with Crippen molar-refractivity contribution in [3.05, 3.63) is 24.0 Å². The van der Waals surface area contributed by atoms with Crippen LogP contribution in [0.1, 0.15) is 33.1 Å². The molecule has 0 saturated heterocycles. The zero-order valence-corrected chi connectivity index (χ0v) is 11.5. The van der Waals surface area contributed by atoms with Gasteiger partial charge in [0, 0.05) is 19.3 Å². The number of rotatable bonds is 6. The first-order valence-electron chi connectivity index (χ1n) is 6.99. The summed E-state index contributed by atoms with van der Waals surface area (Å²) >= 11 is 0. The third-order valence-corrected chi connectivity index (χ3v) is 3.94. The minimum absolute atomic E-state index is 0.727. The van der Waals surface area contributed by atoms with Gasteiger partial charge in [-0.1, -0.05) is 23.8 Å². The fraction of sp³-hybridized carbons (Fsp3) is 0.714. The van der Waals surface area contributed by atoms with Crippen LogP contribution in [0.4, 0.5) is 0 Å². The van der Waals surface area contributed by atoms with Gasteiger partial charge in [0.15, 0.2) is 0 Å². The topological polar surface area (TPSA) is 42.7 Å². The lowest BCUT2D eigenvalue weighted by molar-refractivity contribution is 0.348. The smallest absolute Gasteiger partial charge is 0.0692 e. The van der Waals surface area contributed by atoms with Gasteiger partial charge in [-0.3, -0.25) is 4.68 Å². The molecule has 1 heterocycles. The normalized spacial score (nSPS) is 24.0. The average molecular weight is 248 g/mol. The van der Waals surface area contributed by atoms with E-state index in [4.69, 9.17) is 0 Å². The third kappa shape index (κ3) is 3.67. The van der Waals surface area contributed by atoms with E-state index in [9.17, 15) is 0 Å². The largest absolute Gasteiger partial charge is 0.316 e. The van der Waals surface area contributed by atoms with Crippen molar-refractivity contribution in [1.82, 2.24) is 20.3 Å². The number of nitrogens with zero attached hydrogens (tertiary/aromatic N) is 3. The van der Waals surface area contributed by atoms with E-state index in [1.807, 2.05) is 10.9 Å². The van der Waals surface area contributed by atoms with E-state index in [0.717, 1.165) is 37.9 Å². The lowest BCUT2D eigenvalue weighted by Crippen LogP contribution is -2.30. The zero-order chi connectivity index (χ0) is 12.8. The molecule has 2 rings (SSSR count). The summed E-state index contributed by atoms with van der Waals surface area (Å²) in [6, 6.07) is 0. The Bertz CT molecular complexity index is 369. The highest BCUT2D eigenvalue weighted by molar-refractivity contribution is 5.09. The highest BCUT2D eigenvalue weighted by Gasteiger charge is 2.21. The SMILES string of the molecule is CC1=CCC[C@H](C)[C@H]1CNCCCn1ccnn1. The second-order valence-electron chi connectivity index (χ2n) is 5.33. The number of hydrogen-bond donors (Lipinski definition) is 1. The maximum Gasteiger partial charge on any atom is 0.0692 e. The molecule has 0 bridgehead atoms. The van der Waals surface area contributed by atoms with Crippen molar-refractivity contribution >= 4 is 0 Å². The van der Waals surface area contributed by atoms with Gasteiger partial charge in [-0.15, -0.1) is 5.10 Å². The molecule has 4 heteroatoms. The van der Waals surface area contributed by atoms with Gasteiger partial charge in [-0.25, -0.2) is 0 Å². The summed E-state index contributed by atoms with van der Waals surface area (Å²) in [6.07, 6.45) is 9.74. The Kier molecular flexibility index (Phi) is 4.93. The molecule has 0 unspecified atom stereocenters. The molecule has 0 fully saturated rings. The second-order valence-corrected chi connectivity index (χ2v) is 5.33. The zero-order valence-electron chi connectivity index (χ0n) is 11.5. The molecule has 0 aliphatic heterocycles. The molecule has 4 nitrogen and oxygen atoms in total. The molecule has 0 radical (unpaired) electrons. The van der Waals surface area contributed by atoms with Crippen LogP contribution in [0.3, 0.4) is 0 Å². The fourth-order valence-electron chi connectivity index (χ4n) is 2.71. The van der Waals surface area contributed by atoms with E-state index in [1.54, 1.807) is 11.8 Å². The first-order valence-corrected chi connectivity index (χ1v) is 6.99. The number of aromatic nitrogens is 3. The maximum absolute atomic E-state index is 3.96.